The first-order chi connectivity index (χ1) is 10.0. The van der Waals surface area contributed by atoms with Crippen molar-refractivity contribution < 1.29 is 18.7 Å². The van der Waals surface area contributed by atoms with Crippen LogP contribution < -0.4 is 5.32 Å². The van der Waals surface area contributed by atoms with Crippen LogP contribution in [-0.4, -0.2) is 24.0 Å². The standard InChI is InChI=1S/C15H16N2O4/c1-9(2)12-13(21-8-16-12)14(18)17-11-6-4-5-10(7-11)15(19)20-3/h4-9H,1-3H3,(H,17,18). The minimum absolute atomic E-state index is 0.0749. The molecule has 0 saturated carbocycles. The SMILES string of the molecule is COC(=O)c1cccc(NC(=O)c2ocnc2C(C)C)c1. The molecule has 0 aliphatic heterocycles. The first kappa shape index (κ1) is 14.8. The largest absolute Gasteiger partial charge is 0.465 e. The number of ether oxygens (including phenoxy) is 1. The van der Waals surface area contributed by atoms with Gasteiger partial charge in [-0.3, -0.25) is 4.79 Å². The topological polar surface area (TPSA) is 81.4 Å². The van der Waals surface area contributed by atoms with Gasteiger partial charge in [0.2, 0.25) is 5.76 Å². The smallest absolute Gasteiger partial charge is 0.337 e. The molecule has 0 unspecified atom stereocenters. The van der Waals surface area contributed by atoms with Crippen LogP contribution in [0, 0.1) is 0 Å². The van der Waals surface area contributed by atoms with E-state index in [4.69, 9.17) is 4.42 Å². The molecule has 0 saturated heterocycles. The van der Waals surface area contributed by atoms with Crippen LogP contribution in [0.25, 0.3) is 0 Å². The molecule has 0 spiro atoms. The molecule has 1 aromatic carbocycles. The molecular weight excluding hydrogens is 272 g/mol. The molecule has 0 fully saturated rings. The van der Waals surface area contributed by atoms with Gasteiger partial charge in [0.25, 0.3) is 5.91 Å². The van der Waals surface area contributed by atoms with E-state index in [1.54, 1.807) is 18.2 Å². The zero-order valence-corrected chi connectivity index (χ0v) is 12.0. The van der Waals surface area contributed by atoms with Gasteiger partial charge in [-0.1, -0.05) is 19.9 Å². The number of nitrogens with zero attached hydrogens (tertiary/aromatic N) is 1. The van der Waals surface area contributed by atoms with Crippen molar-refractivity contribution in [1.29, 1.82) is 0 Å². The van der Waals surface area contributed by atoms with Crippen molar-refractivity contribution in [2.24, 2.45) is 0 Å². The predicted octanol–water partition coefficient (Wildman–Crippen LogP) is 2.84. The third-order valence-corrected chi connectivity index (χ3v) is 2.89. The first-order valence-electron chi connectivity index (χ1n) is 6.46. The van der Waals surface area contributed by atoms with E-state index in [1.807, 2.05) is 13.8 Å². The minimum atomic E-state index is -0.464. The van der Waals surface area contributed by atoms with Crippen LogP contribution in [0.1, 0.15) is 46.4 Å². The lowest BCUT2D eigenvalue weighted by Gasteiger charge is -2.07. The number of hydrogen-bond donors (Lipinski definition) is 1. The number of nitrogens with one attached hydrogen (secondary N) is 1. The highest BCUT2D eigenvalue weighted by molar-refractivity contribution is 6.03. The second-order valence-electron chi connectivity index (χ2n) is 4.75. The predicted molar refractivity (Wildman–Crippen MR) is 76.3 cm³/mol. The Morgan fingerprint density at radius 3 is 2.76 bits per heavy atom. The zero-order valence-electron chi connectivity index (χ0n) is 12.0. The molecule has 1 amide bonds. The number of carbonyl (C=O) groups excluding carboxylic acids is 2. The number of amides is 1. The van der Waals surface area contributed by atoms with E-state index in [1.165, 1.54) is 19.6 Å². The van der Waals surface area contributed by atoms with E-state index in [2.05, 4.69) is 15.0 Å². The maximum Gasteiger partial charge on any atom is 0.337 e. The molecule has 0 bridgehead atoms. The second-order valence-corrected chi connectivity index (χ2v) is 4.75. The summed E-state index contributed by atoms with van der Waals surface area (Å²) in [4.78, 5) is 27.7. The third-order valence-electron chi connectivity index (χ3n) is 2.89. The molecular formula is C15H16N2O4. The molecule has 2 rings (SSSR count). The molecule has 2 aromatic rings. The Balaban J connectivity index is 2.20. The van der Waals surface area contributed by atoms with Crippen LogP contribution in [0.2, 0.25) is 0 Å². The van der Waals surface area contributed by atoms with Crippen molar-refractivity contribution in [1.82, 2.24) is 4.98 Å². The number of anilines is 1. The van der Waals surface area contributed by atoms with Crippen LogP contribution in [0.3, 0.4) is 0 Å². The van der Waals surface area contributed by atoms with Crippen LogP contribution in [0.4, 0.5) is 5.69 Å². The molecule has 0 aliphatic rings. The maximum atomic E-state index is 12.2. The molecule has 6 heteroatoms. The zero-order chi connectivity index (χ0) is 15.4. The van der Waals surface area contributed by atoms with Gasteiger partial charge in [-0.2, -0.15) is 0 Å². The van der Waals surface area contributed by atoms with Crippen molar-refractivity contribution >= 4 is 17.6 Å². The van der Waals surface area contributed by atoms with Crippen molar-refractivity contribution in [2.75, 3.05) is 12.4 Å². The van der Waals surface area contributed by atoms with Gasteiger partial charge in [-0.05, 0) is 24.1 Å². The number of hydrogen-bond acceptors (Lipinski definition) is 5. The Bertz CT molecular complexity index is 661. The van der Waals surface area contributed by atoms with Crippen molar-refractivity contribution in [3.8, 4) is 0 Å². The normalized spacial score (nSPS) is 10.5. The van der Waals surface area contributed by atoms with Gasteiger partial charge in [0.15, 0.2) is 6.39 Å². The van der Waals surface area contributed by atoms with Crippen LogP contribution in [-0.2, 0) is 4.74 Å². The summed E-state index contributed by atoms with van der Waals surface area (Å²) in [5.74, 6) is -0.619. The molecule has 21 heavy (non-hydrogen) atoms. The highest BCUT2D eigenvalue weighted by Gasteiger charge is 2.19. The van der Waals surface area contributed by atoms with Crippen LogP contribution >= 0.6 is 0 Å². The number of carbonyl (C=O) groups is 2. The first-order valence-corrected chi connectivity index (χ1v) is 6.46. The summed E-state index contributed by atoms with van der Waals surface area (Å²) in [5, 5.41) is 2.68. The molecule has 0 atom stereocenters. The molecule has 1 N–H and O–H groups in total. The maximum absolute atomic E-state index is 12.2. The summed E-state index contributed by atoms with van der Waals surface area (Å²) < 4.78 is 9.78. The fraction of sp³-hybridized carbons (Fsp3) is 0.267. The Morgan fingerprint density at radius 1 is 1.33 bits per heavy atom. The summed E-state index contributed by atoms with van der Waals surface area (Å²) in [6.45, 7) is 3.85. The van der Waals surface area contributed by atoms with Gasteiger partial charge in [0.1, 0.15) is 0 Å². The van der Waals surface area contributed by atoms with Gasteiger partial charge in [-0.15, -0.1) is 0 Å². The number of aromatic nitrogens is 1. The third kappa shape index (κ3) is 3.28. The fourth-order valence-electron chi connectivity index (χ4n) is 1.87. The summed E-state index contributed by atoms with van der Waals surface area (Å²) in [5.41, 5.74) is 1.43. The molecule has 0 aliphatic carbocycles. The summed E-state index contributed by atoms with van der Waals surface area (Å²) in [7, 11) is 1.30. The van der Waals surface area contributed by atoms with Crippen molar-refractivity contribution in [2.45, 2.75) is 19.8 Å². The van der Waals surface area contributed by atoms with E-state index >= 15 is 0 Å². The van der Waals surface area contributed by atoms with E-state index in [9.17, 15) is 9.59 Å². The quantitative estimate of drug-likeness (QED) is 0.875. The highest BCUT2D eigenvalue weighted by atomic mass is 16.5. The molecule has 6 nitrogen and oxygen atoms in total. The number of esters is 1. The van der Waals surface area contributed by atoms with Gasteiger partial charge in [0, 0.05) is 5.69 Å². The van der Waals surface area contributed by atoms with Gasteiger partial charge in [-0.25, -0.2) is 9.78 Å². The van der Waals surface area contributed by atoms with E-state index in [0.29, 0.717) is 16.9 Å². The number of benzene rings is 1. The fourth-order valence-corrected chi connectivity index (χ4v) is 1.87. The Hall–Kier alpha value is -2.63. The Kier molecular flexibility index (Phi) is 4.37. The van der Waals surface area contributed by atoms with Crippen molar-refractivity contribution in [3.05, 3.63) is 47.7 Å². The van der Waals surface area contributed by atoms with Gasteiger partial charge < -0.3 is 14.5 Å². The molecule has 0 radical (unpaired) electrons. The number of rotatable bonds is 4. The van der Waals surface area contributed by atoms with E-state index < -0.39 is 11.9 Å². The van der Waals surface area contributed by atoms with Crippen LogP contribution in [0.5, 0.6) is 0 Å². The lowest BCUT2D eigenvalue weighted by atomic mass is 10.1. The summed E-state index contributed by atoms with van der Waals surface area (Å²) in [6.07, 6.45) is 1.25. The Labute approximate surface area is 122 Å². The van der Waals surface area contributed by atoms with E-state index in [-0.39, 0.29) is 11.7 Å². The monoisotopic (exact) mass is 288 g/mol. The summed E-state index contributed by atoms with van der Waals surface area (Å²) in [6, 6.07) is 6.48. The summed E-state index contributed by atoms with van der Waals surface area (Å²) >= 11 is 0. The highest BCUT2D eigenvalue weighted by Crippen LogP contribution is 2.19. The number of methoxy groups -OCH3 is 1. The minimum Gasteiger partial charge on any atom is -0.465 e. The number of oxazole rings is 1. The van der Waals surface area contributed by atoms with Crippen molar-refractivity contribution in [3.63, 3.8) is 0 Å². The average Bonchev–Trinajstić information content (AvgIpc) is 2.96. The van der Waals surface area contributed by atoms with E-state index in [0.717, 1.165) is 0 Å². The van der Waals surface area contributed by atoms with Gasteiger partial charge in [0.05, 0.1) is 18.4 Å². The molecule has 110 valence electrons. The lowest BCUT2D eigenvalue weighted by Crippen LogP contribution is -2.14. The lowest BCUT2D eigenvalue weighted by molar-refractivity contribution is 0.0600. The van der Waals surface area contributed by atoms with Gasteiger partial charge >= 0.3 is 5.97 Å². The second kappa shape index (κ2) is 6.21. The van der Waals surface area contributed by atoms with Crippen LogP contribution in [0.15, 0.2) is 35.1 Å². The Morgan fingerprint density at radius 2 is 2.10 bits per heavy atom. The average molecular weight is 288 g/mol. The molecule has 1 heterocycles. The molecule has 1 aromatic heterocycles.